The predicted octanol–water partition coefficient (Wildman–Crippen LogP) is 2.58. The van der Waals surface area contributed by atoms with E-state index in [9.17, 15) is 4.79 Å². The Morgan fingerprint density at radius 1 is 1.10 bits per heavy atom. The Morgan fingerprint density at radius 2 is 1.90 bits per heavy atom. The van der Waals surface area contributed by atoms with Crippen LogP contribution < -0.4 is 5.73 Å². The second kappa shape index (κ2) is 5.88. The van der Waals surface area contributed by atoms with Crippen LogP contribution in [0, 0.1) is 0 Å². The van der Waals surface area contributed by atoms with Gasteiger partial charge in [0.15, 0.2) is 10.9 Å². The van der Waals surface area contributed by atoms with Gasteiger partial charge in [0.1, 0.15) is 6.33 Å². The SMILES string of the molecule is Nc1ncnc(SCC(=O)c2ccc3ccccc3c2)n1. The monoisotopic (exact) mass is 296 g/mol. The van der Waals surface area contributed by atoms with E-state index >= 15 is 0 Å². The first kappa shape index (κ1) is 13.5. The molecule has 0 saturated heterocycles. The normalized spacial score (nSPS) is 10.7. The van der Waals surface area contributed by atoms with Crippen LogP contribution in [0.3, 0.4) is 0 Å². The van der Waals surface area contributed by atoms with Crippen molar-refractivity contribution in [2.75, 3.05) is 11.5 Å². The second-order valence-corrected chi connectivity index (χ2v) is 5.34. The first-order chi connectivity index (χ1) is 10.2. The van der Waals surface area contributed by atoms with E-state index in [0.717, 1.165) is 10.8 Å². The molecule has 0 spiro atoms. The summed E-state index contributed by atoms with van der Waals surface area (Å²) in [7, 11) is 0. The third-order valence-corrected chi connectivity index (χ3v) is 3.83. The van der Waals surface area contributed by atoms with Gasteiger partial charge in [0, 0.05) is 5.56 Å². The summed E-state index contributed by atoms with van der Waals surface area (Å²) in [6, 6.07) is 13.6. The van der Waals surface area contributed by atoms with Crippen molar-refractivity contribution in [3.05, 3.63) is 54.4 Å². The van der Waals surface area contributed by atoms with Gasteiger partial charge in [-0.2, -0.15) is 4.98 Å². The van der Waals surface area contributed by atoms with E-state index in [0.29, 0.717) is 10.7 Å². The predicted molar refractivity (Wildman–Crippen MR) is 83.2 cm³/mol. The molecule has 0 aliphatic carbocycles. The molecule has 1 aromatic heterocycles. The summed E-state index contributed by atoms with van der Waals surface area (Å²) in [4.78, 5) is 23.9. The number of carbonyl (C=O) groups is 1. The van der Waals surface area contributed by atoms with Gasteiger partial charge in [0.25, 0.3) is 0 Å². The topological polar surface area (TPSA) is 81.8 Å². The molecule has 2 N–H and O–H groups in total. The number of nitrogen functional groups attached to an aromatic ring is 1. The van der Waals surface area contributed by atoms with Gasteiger partial charge in [-0.05, 0) is 16.8 Å². The molecule has 0 saturated carbocycles. The van der Waals surface area contributed by atoms with E-state index in [1.807, 2.05) is 42.5 Å². The number of thioether (sulfide) groups is 1. The molecule has 0 amide bonds. The highest BCUT2D eigenvalue weighted by Gasteiger charge is 2.09. The minimum atomic E-state index is 0.0322. The molecule has 0 atom stereocenters. The van der Waals surface area contributed by atoms with Crippen molar-refractivity contribution in [2.45, 2.75) is 5.16 Å². The van der Waals surface area contributed by atoms with Gasteiger partial charge in [0.2, 0.25) is 5.95 Å². The minimum absolute atomic E-state index is 0.0322. The van der Waals surface area contributed by atoms with Crippen LogP contribution in [0.25, 0.3) is 10.8 Å². The molecule has 6 heteroatoms. The summed E-state index contributed by atoms with van der Waals surface area (Å²) in [6.07, 6.45) is 1.34. The third-order valence-electron chi connectivity index (χ3n) is 2.97. The van der Waals surface area contributed by atoms with Crippen LogP contribution >= 0.6 is 11.8 Å². The molecule has 0 radical (unpaired) electrons. The molecule has 0 bridgehead atoms. The number of Topliss-reactive ketones (excluding diaryl/α,β-unsaturated/α-hetero) is 1. The summed E-state index contributed by atoms with van der Waals surface area (Å²) in [6.45, 7) is 0. The van der Waals surface area contributed by atoms with E-state index in [4.69, 9.17) is 5.73 Å². The van der Waals surface area contributed by atoms with Crippen LogP contribution in [0.4, 0.5) is 5.95 Å². The Hall–Kier alpha value is -2.47. The largest absolute Gasteiger partial charge is 0.368 e. The van der Waals surface area contributed by atoms with E-state index in [-0.39, 0.29) is 17.5 Å². The molecule has 104 valence electrons. The first-order valence-electron chi connectivity index (χ1n) is 6.32. The number of carbonyl (C=O) groups excluding carboxylic acids is 1. The van der Waals surface area contributed by atoms with Crippen LogP contribution in [-0.2, 0) is 0 Å². The fraction of sp³-hybridized carbons (Fsp3) is 0.0667. The summed E-state index contributed by atoms with van der Waals surface area (Å²) >= 11 is 1.25. The van der Waals surface area contributed by atoms with Gasteiger partial charge in [-0.3, -0.25) is 4.79 Å². The number of rotatable bonds is 4. The number of benzene rings is 2. The Morgan fingerprint density at radius 3 is 2.71 bits per heavy atom. The average Bonchev–Trinajstić information content (AvgIpc) is 2.52. The molecule has 0 unspecified atom stereocenters. The van der Waals surface area contributed by atoms with Crippen LogP contribution in [0.2, 0.25) is 0 Å². The van der Waals surface area contributed by atoms with Crippen molar-refractivity contribution in [2.24, 2.45) is 0 Å². The van der Waals surface area contributed by atoms with Crippen LogP contribution in [-0.4, -0.2) is 26.5 Å². The number of nitrogens with two attached hydrogens (primary N) is 1. The highest BCUT2D eigenvalue weighted by Crippen LogP contribution is 2.19. The van der Waals surface area contributed by atoms with Crippen molar-refractivity contribution in [1.82, 2.24) is 15.0 Å². The maximum absolute atomic E-state index is 12.2. The maximum atomic E-state index is 12.2. The summed E-state index contributed by atoms with van der Waals surface area (Å²) in [5.74, 6) is 0.456. The molecule has 0 aliphatic rings. The van der Waals surface area contributed by atoms with Crippen LogP contribution in [0.1, 0.15) is 10.4 Å². The Bertz CT molecular complexity index is 806. The number of nitrogens with zero attached hydrogens (tertiary/aromatic N) is 3. The zero-order chi connectivity index (χ0) is 14.7. The van der Waals surface area contributed by atoms with Gasteiger partial charge >= 0.3 is 0 Å². The van der Waals surface area contributed by atoms with Crippen LogP contribution in [0.15, 0.2) is 53.9 Å². The fourth-order valence-corrected chi connectivity index (χ4v) is 2.65. The molecule has 0 fully saturated rings. The van der Waals surface area contributed by atoms with Crippen molar-refractivity contribution >= 4 is 34.3 Å². The van der Waals surface area contributed by atoms with Gasteiger partial charge in [-0.1, -0.05) is 48.2 Å². The summed E-state index contributed by atoms with van der Waals surface area (Å²) < 4.78 is 0. The number of ketones is 1. The highest BCUT2D eigenvalue weighted by atomic mass is 32.2. The van der Waals surface area contributed by atoms with Gasteiger partial charge in [-0.15, -0.1) is 0 Å². The average molecular weight is 296 g/mol. The lowest BCUT2D eigenvalue weighted by molar-refractivity contribution is 0.102. The van der Waals surface area contributed by atoms with Gasteiger partial charge in [0.05, 0.1) is 5.75 Å². The molecule has 2 aromatic carbocycles. The standard InChI is InChI=1S/C15H12N4OS/c16-14-17-9-18-15(19-14)21-8-13(20)12-6-5-10-3-1-2-4-11(10)7-12/h1-7,9H,8H2,(H2,16,17,18,19). The smallest absolute Gasteiger partial charge is 0.223 e. The second-order valence-electron chi connectivity index (χ2n) is 4.40. The Balaban J connectivity index is 1.74. The Labute approximate surface area is 125 Å². The number of anilines is 1. The van der Waals surface area contributed by atoms with E-state index in [1.165, 1.54) is 18.1 Å². The van der Waals surface area contributed by atoms with Crippen LogP contribution in [0.5, 0.6) is 0 Å². The molecule has 21 heavy (non-hydrogen) atoms. The lowest BCUT2D eigenvalue weighted by Crippen LogP contribution is -2.04. The van der Waals surface area contributed by atoms with E-state index < -0.39 is 0 Å². The number of aromatic nitrogens is 3. The molecular formula is C15H12N4OS. The van der Waals surface area contributed by atoms with E-state index in [1.54, 1.807) is 0 Å². The molecule has 5 nitrogen and oxygen atoms in total. The van der Waals surface area contributed by atoms with Crippen molar-refractivity contribution in [3.63, 3.8) is 0 Å². The third kappa shape index (κ3) is 3.17. The fourth-order valence-electron chi connectivity index (χ4n) is 1.94. The molecule has 1 heterocycles. The van der Waals surface area contributed by atoms with Crippen molar-refractivity contribution in [1.29, 1.82) is 0 Å². The lowest BCUT2D eigenvalue weighted by atomic mass is 10.1. The molecule has 3 aromatic rings. The number of fused-ring (bicyclic) bond motifs is 1. The number of hydrogen-bond donors (Lipinski definition) is 1. The zero-order valence-electron chi connectivity index (χ0n) is 11.1. The molecule has 3 rings (SSSR count). The quantitative estimate of drug-likeness (QED) is 0.588. The lowest BCUT2D eigenvalue weighted by Gasteiger charge is -2.03. The van der Waals surface area contributed by atoms with Crippen molar-refractivity contribution < 1.29 is 4.79 Å². The first-order valence-corrected chi connectivity index (χ1v) is 7.30. The van der Waals surface area contributed by atoms with Gasteiger partial charge in [-0.25, -0.2) is 9.97 Å². The van der Waals surface area contributed by atoms with E-state index in [2.05, 4.69) is 15.0 Å². The van der Waals surface area contributed by atoms with Crippen molar-refractivity contribution in [3.8, 4) is 0 Å². The minimum Gasteiger partial charge on any atom is -0.368 e. The molecular weight excluding hydrogens is 284 g/mol. The maximum Gasteiger partial charge on any atom is 0.223 e. The van der Waals surface area contributed by atoms with Gasteiger partial charge < -0.3 is 5.73 Å². The summed E-state index contributed by atoms with van der Waals surface area (Å²) in [5.41, 5.74) is 6.16. The molecule has 0 aliphatic heterocycles. The highest BCUT2D eigenvalue weighted by molar-refractivity contribution is 7.99. The number of hydrogen-bond acceptors (Lipinski definition) is 6. The zero-order valence-corrected chi connectivity index (χ0v) is 11.9. The summed E-state index contributed by atoms with van der Waals surface area (Å²) in [5, 5.41) is 2.63. The Kier molecular flexibility index (Phi) is 3.79.